The van der Waals surface area contributed by atoms with E-state index in [1.807, 2.05) is 54.2 Å². The molecule has 0 spiro atoms. The van der Waals surface area contributed by atoms with Crippen LogP contribution < -0.4 is 5.32 Å². The van der Waals surface area contributed by atoms with Crippen LogP contribution in [0.4, 0.5) is 0 Å². The average Bonchev–Trinajstić information content (AvgIpc) is 3.25. The first-order chi connectivity index (χ1) is 12.6. The quantitative estimate of drug-likeness (QED) is 0.624. The second-order valence-corrected chi connectivity index (χ2v) is 6.65. The number of para-hydroxylation sites is 1. The Morgan fingerprint density at radius 3 is 2.69 bits per heavy atom. The molecule has 0 aliphatic carbocycles. The van der Waals surface area contributed by atoms with Crippen molar-refractivity contribution >= 4 is 17.5 Å². The van der Waals surface area contributed by atoms with Crippen molar-refractivity contribution in [3.63, 3.8) is 0 Å². The van der Waals surface area contributed by atoms with Gasteiger partial charge in [-0.25, -0.2) is 4.68 Å². The predicted molar refractivity (Wildman–Crippen MR) is 105 cm³/mol. The summed E-state index contributed by atoms with van der Waals surface area (Å²) in [5, 5.41) is 8.20. The summed E-state index contributed by atoms with van der Waals surface area (Å²) in [7, 11) is 1.95. The molecule has 6 heteroatoms. The van der Waals surface area contributed by atoms with Crippen molar-refractivity contribution in [2.24, 2.45) is 7.05 Å². The molecule has 2 heterocycles. The van der Waals surface area contributed by atoms with Crippen molar-refractivity contribution in [1.29, 1.82) is 0 Å². The van der Waals surface area contributed by atoms with E-state index in [9.17, 15) is 4.79 Å². The molecule has 0 unspecified atom stereocenters. The van der Waals surface area contributed by atoms with Crippen molar-refractivity contribution in [3.8, 4) is 17.1 Å². The van der Waals surface area contributed by atoms with E-state index in [2.05, 4.69) is 17.3 Å². The zero-order valence-electron chi connectivity index (χ0n) is 15.1. The van der Waals surface area contributed by atoms with E-state index in [0.29, 0.717) is 22.9 Å². The Bertz CT molecular complexity index is 897. The van der Waals surface area contributed by atoms with Crippen molar-refractivity contribution < 1.29 is 4.79 Å². The van der Waals surface area contributed by atoms with Crippen LogP contribution in [0, 0.1) is 0 Å². The van der Waals surface area contributed by atoms with Gasteiger partial charge in [-0.15, -0.1) is 0 Å². The Morgan fingerprint density at radius 2 is 2.00 bits per heavy atom. The number of carbonyl (C=O) groups is 1. The number of nitrogens with one attached hydrogen (secondary N) is 1. The van der Waals surface area contributed by atoms with Crippen molar-refractivity contribution in [3.05, 3.63) is 59.4 Å². The number of hydrogen-bond acceptors (Lipinski definition) is 2. The molecular weight excluding hydrogens is 348 g/mol. The standard InChI is InChI=1S/C20H23ClN4O/c1-3-4-7-12-22-20(26)19-14-16(18-11-8-13-24(18)2)23-25(19)17-10-6-5-9-15(17)21/h5-6,8-11,13-14H,3-4,7,12H2,1-2H3,(H,22,26). The number of halogens is 1. The Balaban J connectivity index is 1.98. The molecule has 3 rings (SSSR count). The minimum Gasteiger partial charge on any atom is -0.351 e. The molecule has 0 fully saturated rings. The molecule has 1 amide bonds. The Morgan fingerprint density at radius 1 is 1.19 bits per heavy atom. The lowest BCUT2D eigenvalue weighted by Crippen LogP contribution is -2.26. The van der Waals surface area contributed by atoms with Gasteiger partial charge >= 0.3 is 0 Å². The fourth-order valence-corrected chi connectivity index (χ4v) is 3.09. The van der Waals surface area contributed by atoms with Gasteiger partial charge in [0.2, 0.25) is 0 Å². The molecule has 0 bridgehead atoms. The fourth-order valence-electron chi connectivity index (χ4n) is 2.87. The SMILES string of the molecule is CCCCCNC(=O)c1cc(-c2cccn2C)nn1-c1ccccc1Cl. The molecular formula is C20H23ClN4O. The molecule has 26 heavy (non-hydrogen) atoms. The number of aromatic nitrogens is 3. The first-order valence-electron chi connectivity index (χ1n) is 8.86. The summed E-state index contributed by atoms with van der Waals surface area (Å²) in [6.45, 7) is 2.79. The molecule has 1 aromatic carbocycles. The van der Waals surface area contributed by atoms with Crippen LogP contribution in [-0.4, -0.2) is 26.8 Å². The molecule has 3 aromatic rings. The van der Waals surface area contributed by atoms with Gasteiger partial charge in [-0.2, -0.15) is 5.10 Å². The van der Waals surface area contributed by atoms with Gasteiger partial charge in [0.25, 0.3) is 5.91 Å². The predicted octanol–water partition coefficient (Wildman–Crippen LogP) is 4.45. The second-order valence-electron chi connectivity index (χ2n) is 6.25. The van der Waals surface area contributed by atoms with E-state index < -0.39 is 0 Å². The van der Waals surface area contributed by atoms with Crippen LogP contribution in [0.1, 0.15) is 36.7 Å². The summed E-state index contributed by atoms with van der Waals surface area (Å²) in [5.41, 5.74) is 2.84. The molecule has 5 nitrogen and oxygen atoms in total. The zero-order valence-corrected chi connectivity index (χ0v) is 15.8. The summed E-state index contributed by atoms with van der Waals surface area (Å²) >= 11 is 6.35. The number of nitrogens with zero attached hydrogens (tertiary/aromatic N) is 3. The maximum absolute atomic E-state index is 12.8. The number of hydrogen-bond donors (Lipinski definition) is 1. The highest BCUT2D eigenvalue weighted by Gasteiger charge is 2.19. The molecule has 136 valence electrons. The summed E-state index contributed by atoms with van der Waals surface area (Å²) in [6.07, 6.45) is 5.13. The van der Waals surface area contributed by atoms with E-state index >= 15 is 0 Å². The maximum atomic E-state index is 12.8. The van der Waals surface area contributed by atoms with Gasteiger partial charge in [-0.3, -0.25) is 4.79 Å². The molecule has 0 saturated carbocycles. The van der Waals surface area contributed by atoms with E-state index in [-0.39, 0.29) is 5.91 Å². The van der Waals surface area contributed by atoms with Crippen LogP contribution in [0.3, 0.4) is 0 Å². The first kappa shape index (κ1) is 18.3. The molecule has 0 aliphatic heterocycles. The molecule has 0 radical (unpaired) electrons. The molecule has 1 N–H and O–H groups in total. The van der Waals surface area contributed by atoms with E-state index in [4.69, 9.17) is 11.6 Å². The third-order valence-corrected chi connectivity index (χ3v) is 4.61. The number of carbonyl (C=O) groups excluding carboxylic acids is 1. The summed E-state index contributed by atoms with van der Waals surface area (Å²) in [5.74, 6) is -0.144. The topological polar surface area (TPSA) is 51.9 Å². The fraction of sp³-hybridized carbons (Fsp3) is 0.300. The van der Waals surface area contributed by atoms with E-state index in [1.165, 1.54) is 0 Å². The molecule has 0 atom stereocenters. The highest BCUT2D eigenvalue weighted by atomic mass is 35.5. The Labute approximate surface area is 158 Å². The molecule has 0 aliphatic rings. The van der Waals surface area contributed by atoms with Gasteiger partial charge < -0.3 is 9.88 Å². The smallest absolute Gasteiger partial charge is 0.270 e. The Kier molecular flexibility index (Phi) is 5.78. The van der Waals surface area contributed by atoms with Crippen LogP contribution in [0.25, 0.3) is 17.1 Å². The van der Waals surface area contributed by atoms with Crippen LogP contribution >= 0.6 is 11.6 Å². The highest BCUT2D eigenvalue weighted by Crippen LogP contribution is 2.25. The van der Waals surface area contributed by atoms with Gasteiger partial charge in [0.1, 0.15) is 11.4 Å². The van der Waals surface area contributed by atoms with E-state index in [0.717, 1.165) is 30.7 Å². The molecule has 2 aromatic heterocycles. The number of amides is 1. The lowest BCUT2D eigenvalue weighted by molar-refractivity contribution is 0.0945. The van der Waals surface area contributed by atoms with Gasteiger partial charge in [0, 0.05) is 19.8 Å². The van der Waals surface area contributed by atoms with Gasteiger partial charge in [0.05, 0.1) is 16.4 Å². The summed E-state index contributed by atoms with van der Waals surface area (Å²) in [4.78, 5) is 12.8. The van der Waals surface area contributed by atoms with Crippen LogP contribution in [0.15, 0.2) is 48.7 Å². The largest absolute Gasteiger partial charge is 0.351 e. The van der Waals surface area contributed by atoms with Gasteiger partial charge in [0.15, 0.2) is 0 Å². The van der Waals surface area contributed by atoms with Gasteiger partial charge in [-0.05, 0) is 36.8 Å². The van der Waals surface area contributed by atoms with Crippen molar-refractivity contribution in [2.45, 2.75) is 26.2 Å². The highest BCUT2D eigenvalue weighted by molar-refractivity contribution is 6.32. The van der Waals surface area contributed by atoms with Crippen molar-refractivity contribution in [1.82, 2.24) is 19.7 Å². The van der Waals surface area contributed by atoms with Crippen molar-refractivity contribution in [2.75, 3.05) is 6.54 Å². The van der Waals surface area contributed by atoms with Crippen LogP contribution in [-0.2, 0) is 7.05 Å². The normalized spacial score (nSPS) is 10.9. The lowest BCUT2D eigenvalue weighted by Gasteiger charge is -2.09. The number of unbranched alkanes of at least 4 members (excludes halogenated alkanes) is 2. The minimum atomic E-state index is -0.144. The number of aryl methyl sites for hydroxylation is 1. The van der Waals surface area contributed by atoms with Crippen LogP contribution in [0.2, 0.25) is 5.02 Å². The first-order valence-corrected chi connectivity index (χ1v) is 9.24. The third kappa shape index (κ3) is 3.83. The summed E-state index contributed by atoms with van der Waals surface area (Å²) in [6, 6.07) is 13.1. The monoisotopic (exact) mass is 370 g/mol. The molecule has 0 saturated heterocycles. The lowest BCUT2D eigenvalue weighted by atomic mass is 10.2. The van der Waals surface area contributed by atoms with Crippen LogP contribution in [0.5, 0.6) is 0 Å². The van der Waals surface area contributed by atoms with Gasteiger partial charge in [-0.1, -0.05) is 43.5 Å². The Hall–Kier alpha value is -2.53. The number of rotatable bonds is 7. The third-order valence-electron chi connectivity index (χ3n) is 4.29. The minimum absolute atomic E-state index is 0.144. The van der Waals surface area contributed by atoms with E-state index in [1.54, 1.807) is 10.7 Å². The zero-order chi connectivity index (χ0) is 18.5. The number of benzene rings is 1. The maximum Gasteiger partial charge on any atom is 0.270 e. The second kappa shape index (κ2) is 8.23. The average molecular weight is 371 g/mol. The summed E-state index contributed by atoms with van der Waals surface area (Å²) < 4.78 is 3.60.